The Kier molecular flexibility index (Phi) is 3.58. The van der Waals surface area contributed by atoms with Crippen LogP contribution in [0.15, 0.2) is 15.9 Å². The average Bonchev–Trinajstić information content (AvgIpc) is 2.83. The Hall–Kier alpha value is -1.50. The van der Waals surface area contributed by atoms with Crippen molar-refractivity contribution in [2.75, 3.05) is 14.2 Å². The molecule has 0 spiro atoms. The third kappa shape index (κ3) is 2.11. The van der Waals surface area contributed by atoms with Crippen LogP contribution in [-0.2, 0) is 15.0 Å². The van der Waals surface area contributed by atoms with E-state index in [0.29, 0.717) is 0 Å². The first-order valence-electron chi connectivity index (χ1n) is 5.50. The maximum atomic E-state index is 12.4. The van der Waals surface area contributed by atoms with Crippen LogP contribution in [-0.4, -0.2) is 33.1 Å². The lowest BCUT2D eigenvalue weighted by Gasteiger charge is -2.26. The summed E-state index contributed by atoms with van der Waals surface area (Å²) in [6.45, 7) is 3.43. The van der Waals surface area contributed by atoms with E-state index in [1.807, 2.05) is 0 Å². The first-order valence-corrected chi connectivity index (χ1v) is 6.35. The minimum Gasteiger partial charge on any atom is -0.359 e. The maximum absolute atomic E-state index is 12.4. The van der Waals surface area contributed by atoms with Gasteiger partial charge in [0.15, 0.2) is 5.65 Å². The van der Waals surface area contributed by atoms with E-state index in [2.05, 4.69) is 9.97 Å². The van der Waals surface area contributed by atoms with Gasteiger partial charge in [-0.05, 0) is 13.8 Å². The van der Waals surface area contributed by atoms with E-state index in [1.54, 1.807) is 13.8 Å². The van der Waals surface area contributed by atoms with Gasteiger partial charge in [-0.3, -0.25) is 4.79 Å². The molecule has 0 aliphatic rings. The second-order valence-electron chi connectivity index (χ2n) is 4.31. The molecule has 0 saturated heterocycles. The van der Waals surface area contributed by atoms with Crippen LogP contribution in [0.4, 0.5) is 0 Å². The number of nitrogens with one attached hydrogen (secondary N) is 1. The summed E-state index contributed by atoms with van der Waals surface area (Å²) in [5.74, 6) is 0. The van der Waals surface area contributed by atoms with E-state index in [0.717, 1.165) is 4.34 Å². The quantitative estimate of drug-likeness (QED) is 0.812. The summed E-state index contributed by atoms with van der Waals surface area (Å²) in [4.78, 5) is 31.3. The van der Waals surface area contributed by atoms with Gasteiger partial charge in [0.05, 0.1) is 6.33 Å². The minimum atomic E-state index is -0.932. The molecule has 0 amide bonds. The zero-order chi connectivity index (χ0) is 14.2. The van der Waals surface area contributed by atoms with Crippen LogP contribution in [0.25, 0.3) is 11.2 Å². The molecule has 1 atom stereocenters. The van der Waals surface area contributed by atoms with Crippen LogP contribution in [0.2, 0.25) is 0 Å². The second-order valence-corrected chi connectivity index (χ2v) is 5.34. The standard InChI is InChI=1S/C10H15N4O4P/c1-10(2,17-3)13-7-6(11-5-12-7)8(15)14(9(13)16)19-18-4/h5,19H,1-4H3,(H,11,12). The summed E-state index contributed by atoms with van der Waals surface area (Å²) < 4.78 is 12.6. The lowest BCUT2D eigenvalue weighted by atomic mass is 10.3. The molecule has 8 nitrogen and oxygen atoms in total. The molecule has 104 valence electrons. The predicted octanol–water partition coefficient (Wildman–Crippen LogP) is 0.228. The molecule has 2 heterocycles. The number of rotatable bonds is 4. The first kappa shape index (κ1) is 13.9. The Morgan fingerprint density at radius 2 is 2.05 bits per heavy atom. The molecule has 0 fully saturated rings. The third-order valence-electron chi connectivity index (χ3n) is 2.85. The Labute approximate surface area is 110 Å². The number of methoxy groups -OCH3 is 1. The summed E-state index contributed by atoms with van der Waals surface area (Å²) in [5.41, 5.74) is -1.40. The van der Waals surface area contributed by atoms with Gasteiger partial charge in [0.25, 0.3) is 5.56 Å². The van der Waals surface area contributed by atoms with Gasteiger partial charge >= 0.3 is 5.69 Å². The summed E-state index contributed by atoms with van der Waals surface area (Å²) in [6.07, 6.45) is 1.37. The fourth-order valence-electron chi connectivity index (χ4n) is 1.75. The Bertz CT molecular complexity index is 714. The van der Waals surface area contributed by atoms with Gasteiger partial charge in [0.2, 0.25) is 0 Å². The summed E-state index contributed by atoms with van der Waals surface area (Å²) >= 11 is 0. The highest BCUT2D eigenvalue weighted by molar-refractivity contribution is 7.30. The number of H-pyrrole nitrogens is 1. The molecule has 0 aromatic carbocycles. The maximum Gasteiger partial charge on any atom is 0.340 e. The fourth-order valence-corrected chi connectivity index (χ4v) is 2.31. The average molecular weight is 286 g/mol. The summed E-state index contributed by atoms with van der Waals surface area (Å²) in [7, 11) is 2.51. The summed E-state index contributed by atoms with van der Waals surface area (Å²) in [6, 6.07) is 0. The number of hydrogen-bond donors (Lipinski definition) is 1. The number of nitrogens with zero attached hydrogens (tertiary/aromatic N) is 3. The molecule has 1 unspecified atom stereocenters. The second kappa shape index (κ2) is 4.88. The predicted molar refractivity (Wildman–Crippen MR) is 71.7 cm³/mol. The number of ether oxygens (including phenoxy) is 1. The normalized spacial score (nSPS) is 12.8. The van der Waals surface area contributed by atoms with Gasteiger partial charge in [0.1, 0.15) is 20.2 Å². The molecule has 0 aliphatic heterocycles. The van der Waals surface area contributed by atoms with Crippen molar-refractivity contribution in [1.29, 1.82) is 0 Å². The van der Waals surface area contributed by atoms with E-state index < -0.39 is 25.9 Å². The molecule has 0 aliphatic carbocycles. The van der Waals surface area contributed by atoms with Crippen molar-refractivity contribution in [1.82, 2.24) is 18.9 Å². The van der Waals surface area contributed by atoms with Gasteiger partial charge < -0.3 is 14.2 Å². The molecule has 0 saturated carbocycles. The number of fused-ring (bicyclic) bond motifs is 1. The number of aromatic nitrogens is 4. The van der Waals surface area contributed by atoms with Gasteiger partial charge in [0, 0.05) is 14.2 Å². The van der Waals surface area contributed by atoms with Crippen LogP contribution < -0.4 is 11.2 Å². The molecule has 2 rings (SSSR count). The Morgan fingerprint density at radius 1 is 1.37 bits per heavy atom. The fraction of sp³-hybridized carbons (Fsp3) is 0.500. The van der Waals surface area contributed by atoms with Crippen LogP contribution >= 0.6 is 8.96 Å². The highest BCUT2D eigenvalue weighted by Crippen LogP contribution is 2.18. The zero-order valence-electron chi connectivity index (χ0n) is 11.1. The Balaban J connectivity index is 2.94. The van der Waals surface area contributed by atoms with Gasteiger partial charge in [-0.25, -0.2) is 18.7 Å². The highest BCUT2D eigenvalue weighted by Gasteiger charge is 2.27. The molecular weight excluding hydrogens is 271 g/mol. The van der Waals surface area contributed by atoms with E-state index in [4.69, 9.17) is 9.26 Å². The molecular formula is C10H15N4O4P. The molecule has 9 heteroatoms. The van der Waals surface area contributed by atoms with E-state index in [-0.39, 0.29) is 11.2 Å². The van der Waals surface area contributed by atoms with Crippen molar-refractivity contribution in [3.8, 4) is 0 Å². The minimum absolute atomic E-state index is 0.245. The van der Waals surface area contributed by atoms with Crippen LogP contribution in [0.3, 0.4) is 0 Å². The third-order valence-corrected chi connectivity index (χ3v) is 3.61. The SMILES string of the molecule is COPn1c(=O)c2[nH]cnc2n(C(C)(C)OC)c1=O. The smallest absolute Gasteiger partial charge is 0.340 e. The van der Waals surface area contributed by atoms with Crippen LogP contribution in [0, 0.1) is 0 Å². The molecule has 19 heavy (non-hydrogen) atoms. The lowest BCUT2D eigenvalue weighted by molar-refractivity contribution is -0.0457. The van der Waals surface area contributed by atoms with Gasteiger partial charge in [-0.2, -0.15) is 0 Å². The van der Waals surface area contributed by atoms with Gasteiger partial charge in [-0.1, -0.05) is 0 Å². The number of imidazole rings is 1. The molecule has 0 radical (unpaired) electrons. The van der Waals surface area contributed by atoms with Crippen molar-refractivity contribution >= 4 is 20.1 Å². The molecule has 2 aromatic heterocycles. The largest absolute Gasteiger partial charge is 0.359 e. The molecule has 2 aromatic rings. The van der Waals surface area contributed by atoms with Crippen LogP contribution in [0.5, 0.6) is 0 Å². The Morgan fingerprint density at radius 3 is 2.63 bits per heavy atom. The summed E-state index contributed by atoms with van der Waals surface area (Å²) in [5, 5.41) is 0. The van der Waals surface area contributed by atoms with E-state index >= 15 is 0 Å². The van der Waals surface area contributed by atoms with Crippen LogP contribution in [0.1, 0.15) is 13.8 Å². The van der Waals surface area contributed by atoms with E-state index in [9.17, 15) is 9.59 Å². The first-order chi connectivity index (χ1) is 8.94. The van der Waals surface area contributed by atoms with Crippen molar-refractivity contribution in [2.24, 2.45) is 0 Å². The molecule has 0 bridgehead atoms. The topological polar surface area (TPSA) is 91.1 Å². The van der Waals surface area contributed by atoms with Crippen molar-refractivity contribution in [3.05, 3.63) is 27.2 Å². The number of hydrogen-bond acceptors (Lipinski definition) is 5. The van der Waals surface area contributed by atoms with Crippen molar-refractivity contribution < 1.29 is 9.26 Å². The molecule has 1 N–H and O–H groups in total. The van der Waals surface area contributed by atoms with E-state index in [1.165, 1.54) is 25.1 Å². The zero-order valence-corrected chi connectivity index (χ0v) is 12.1. The van der Waals surface area contributed by atoms with Crippen molar-refractivity contribution in [3.63, 3.8) is 0 Å². The monoisotopic (exact) mass is 286 g/mol. The lowest BCUT2D eigenvalue weighted by Crippen LogP contribution is -2.45. The van der Waals surface area contributed by atoms with Gasteiger partial charge in [-0.15, -0.1) is 0 Å². The van der Waals surface area contributed by atoms with Crippen molar-refractivity contribution in [2.45, 2.75) is 19.6 Å². The highest BCUT2D eigenvalue weighted by atomic mass is 31.1. The number of aromatic amines is 1.